The summed E-state index contributed by atoms with van der Waals surface area (Å²) in [5.74, 6) is 0.888. The quantitative estimate of drug-likeness (QED) is 0.256. The van der Waals surface area contributed by atoms with Gasteiger partial charge in [-0.2, -0.15) is 4.98 Å². The fourth-order valence-electron chi connectivity index (χ4n) is 3.12. The van der Waals surface area contributed by atoms with Crippen LogP contribution in [0.2, 0.25) is 0 Å². The lowest BCUT2D eigenvalue weighted by Gasteiger charge is -2.33. The second kappa shape index (κ2) is 10.5. The molecule has 0 spiro atoms. The van der Waals surface area contributed by atoms with Gasteiger partial charge in [0.25, 0.3) is 0 Å². The first-order valence-electron chi connectivity index (χ1n) is 9.63. The number of morpholine rings is 1. The Balaban J connectivity index is 2.01. The molecule has 0 aromatic carbocycles. The average molecular weight is 421 g/mol. The van der Waals surface area contributed by atoms with Crippen molar-refractivity contribution < 1.29 is 14.4 Å². The van der Waals surface area contributed by atoms with Crippen LogP contribution < -0.4 is 10.2 Å². The van der Waals surface area contributed by atoms with Crippen molar-refractivity contribution in [3.63, 3.8) is 0 Å². The number of fused-ring (bicyclic) bond motifs is 1. The van der Waals surface area contributed by atoms with E-state index in [-0.39, 0.29) is 12.4 Å². The van der Waals surface area contributed by atoms with Crippen LogP contribution in [0.25, 0.3) is 11.0 Å². The van der Waals surface area contributed by atoms with E-state index in [2.05, 4.69) is 32.2 Å². The van der Waals surface area contributed by atoms with Gasteiger partial charge in [-0.1, -0.05) is 0 Å². The molecule has 2 aromatic heterocycles. The third-order valence-electron chi connectivity index (χ3n) is 4.55. The Morgan fingerprint density at radius 1 is 1.28 bits per heavy atom. The molecule has 1 aliphatic heterocycles. The van der Waals surface area contributed by atoms with Gasteiger partial charge in [-0.05, 0) is 25.7 Å². The molecule has 0 radical (unpaired) electrons. The van der Waals surface area contributed by atoms with E-state index in [1.807, 2.05) is 0 Å². The average Bonchev–Trinajstić information content (AvgIpc) is 2.75. The molecule has 0 saturated carbocycles. The van der Waals surface area contributed by atoms with Gasteiger partial charge in [0.15, 0.2) is 11.3 Å². The van der Waals surface area contributed by atoms with Crippen molar-refractivity contribution in [3.05, 3.63) is 18.9 Å². The van der Waals surface area contributed by atoms with Crippen molar-refractivity contribution >= 4 is 40.7 Å². The third-order valence-corrected chi connectivity index (χ3v) is 5.10. The van der Waals surface area contributed by atoms with Crippen molar-refractivity contribution in [2.24, 2.45) is 0 Å². The van der Waals surface area contributed by atoms with Crippen LogP contribution in [0.4, 0.5) is 11.8 Å². The summed E-state index contributed by atoms with van der Waals surface area (Å²) in [6, 6.07) is 0. The predicted molar refractivity (Wildman–Crippen MR) is 113 cm³/mol. The Morgan fingerprint density at radius 3 is 2.90 bits per heavy atom. The zero-order chi connectivity index (χ0) is 20.6. The molecule has 1 saturated heterocycles. The van der Waals surface area contributed by atoms with E-state index >= 15 is 0 Å². The van der Waals surface area contributed by atoms with Crippen LogP contribution in [-0.2, 0) is 11.2 Å². The second-order valence-electron chi connectivity index (χ2n) is 6.55. The maximum absolute atomic E-state index is 9.42. The fraction of sp³-hybridized carbons (Fsp3) is 0.556. The van der Waals surface area contributed by atoms with Crippen molar-refractivity contribution in [1.82, 2.24) is 19.9 Å². The van der Waals surface area contributed by atoms with Gasteiger partial charge in [-0.15, -0.1) is 0 Å². The van der Waals surface area contributed by atoms with E-state index in [0.29, 0.717) is 54.5 Å². The van der Waals surface area contributed by atoms with Crippen LogP contribution in [0.3, 0.4) is 0 Å². The summed E-state index contributed by atoms with van der Waals surface area (Å²) in [5, 5.41) is 20.5. The molecule has 1 fully saturated rings. The standard InChI is InChI=1S/C18H25N7O3S/c1-2-3-4-5-6-12-13-14(22-11-21-12)16(24-18(23-13)20-7-9-26)25-8-10-28-17(29-27)15(25)19/h11,17,19,26H,1-10H2,(H-,20,23,24,27)/p+1. The van der Waals surface area contributed by atoms with Crippen molar-refractivity contribution in [2.45, 2.75) is 37.5 Å². The zero-order valence-electron chi connectivity index (χ0n) is 16.2. The first-order chi connectivity index (χ1) is 14.2. The summed E-state index contributed by atoms with van der Waals surface area (Å²) in [6.07, 6.45) is 6.26. The van der Waals surface area contributed by atoms with Crippen LogP contribution in [-0.4, -0.2) is 67.2 Å². The van der Waals surface area contributed by atoms with Crippen molar-refractivity contribution in [3.8, 4) is 0 Å². The van der Waals surface area contributed by atoms with Crippen LogP contribution >= 0.6 is 12.0 Å². The molecule has 1 aliphatic rings. The summed E-state index contributed by atoms with van der Waals surface area (Å²) in [4.78, 5) is 19.6. The lowest BCUT2D eigenvalue weighted by atomic mass is 10.1. The number of aliphatic hydroxyl groups excluding tert-OH is 1. The smallest absolute Gasteiger partial charge is 0.225 e. The predicted octanol–water partition coefficient (Wildman–Crippen LogP) is 2.11. The number of amidine groups is 1. The van der Waals surface area contributed by atoms with Gasteiger partial charge in [0, 0.05) is 25.1 Å². The minimum atomic E-state index is -0.786. The van der Waals surface area contributed by atoms with E-state index in [4.69, 9.17) is 15.3 Å². The number of aromatic nitrogens is 4. The molecular weight excluding hydrogens is 394 g/mol. The number of hydrogen-bond donors (Lipinski definition) is 4. The molecule has 3 heterocycles. The minimum Gasteiger partial charge on any atom is -0.395 e. The largest absolute Gasteiger partial charge is 0.395 e. The highest BCUT2D eigenvalue weighted by Gasteiger charge is 2.30. The van der Waals surface area contributed by atoms with Crippen molar-refractivity contribution in [2.75, 3.05) is 36.5 Å². The summed E-state index contributed by atoms with van der Waals surface area (Å²) < 4.78 is 14.8. The van der Waals surface area contributed by atoms with Gasteiger partial charge in [-0.3, -0.25) is 5.41 Å². The van der Waals surface area contributed by atoms with E-state index in [1.165, 1.54) is 6.33 Å². The maximum atomic E-state index is 9.42. The van der Waals surface area contributed by atoms with Gasteiger partial charge >= 0.3 is 0 Å². The van der Waals surface area contributed by atoms with Gasteiger partial charge in [0.1, 0.15) is 23.2 Å². The number of unbranched alkanes of at least 4 members (excludes halogenated alkanes) is 3. The Labute approximate surface area is 173 Å². The fourth-order valence-corrected chi connectivity index (χ4v) is 3.51. The molecule has 1 atom stereocenters. The minimum absolute atomic E-state index is 0.0590. The van der Waals surface area contributed by atoms with Crippen LogP contribution in [0, 0.1) is 12.3 Å². The maximum Gasteiger partial charge on any atom is 0.225 e. The molecule has 0 aliphatic carbocycles. The lowest BCUT2D eigenvalue weighted by molar-refractivity contribution is 0.140. The Morgan fingerprint density at radius 2 is 2.14 bits per heavy atom. The molecule has 11 heteroatoms. The summed E-state index contributed by atoms with van der Waals surface area (Å²) in [7, 11) is 0. The van der Waals surface area contributed by atoms with Crippen LogP contribution in [0.15, 0.2) is 6.33 Å². The third kappa shape index (κ3) is 5.04. The number of nitrogens with one attached hydrogen (secondary N) is 2. The van der Waals surface area contributed by atoms with Gasteiger partial charge in [-0.25, -0.2) is 15.0 Å². The lowest BCUT2D eigenvalue weighted by Crippen LogP contribution is -2.46. The summed E-state index contributed by atoms with van der Waals surface area (Å²) in [6.45, 7) is 4.86. The highest BCUT2D eigenvalue weighted by atomic mass is 32.2. The number of anilines is 2. The SMILES string of the molecule is [CH2+]CCCCCc1ncnc2c(N3CCOC(SO)C3=N)nc(NCCO)nc12. The second-order valence-corrected chi connectivity index (χ2v) is 7.19. The Kier molecular flexibility index (Phi) is 7.81. The highest BCUT2D eigenvalue weighted by Crippen LogP contribution is 2.29. The van der Waals surface area contributed by atoms with Crippen molar-refractivity contribution in [1.29, 1.82) is 5.41 Å². The number of aliphatic hydroxyl groups is 1. The monoisotopic (exact) mass is 420 g/mol. The Hall–Kier alpha value is -2.21. The normalized spacial score (nSPS) is 17.1. The van der Waals surface area contributed by atoms with E-state index < -0.39 is 5.44 Å². The molecule has 0 amide bonds. The zero-order valence-corrected chi connectivity index (χ0v) is 17.0. The molecule has 3 rings (SSSR count). The topological polar surface area (TPSA) is 140 Å². The summed E-state index contributed by atoms with van der Waals surface area (Å²) >= 11 is 0.476. The van der Waals surface area contributed by atoms with Crippen LogP contribution in [0.5, 0.6) is 0 Å². The van der Waals surface area contributed by atoms with Crippen LogP contribution in [0.1, 0.15) is 31.4 Å². The molecule has 10 nitrogen and oxygen atoms in total. The first-order valence-corrected chi connectivity index (χ1v) is 10.5. The van der Waals surface area contributed by atoms with Gasteiger partial charge < -0.3 is 24.6 Å². The molecule has 1 unspecified atom stereocenters. The van der Waals surface area contributed by atoms with E-state index in [9.17, 15) is 4.55 Å². The highest BCUT2D eigenvalue weighted by molar-refractivity contribution is 7.95. The molecule has 156 valence electrons. The molecule has 0 bridgehead atoms. The van der Waals surface area contributed by atoms with E-state index in [0.717, 1.165) is 37.8 Å². The molecule has 29 heavy (non-hydrogen) atoms. The summed E-state index contributed by atoms with van der Waals surface area (Å²) in [5.41, 5.74) is 1.21. The number of hydrogen-bond acceptors (Lipinski definition) is 10. The Bertz CT molecular complexity index is 838. The number of nitrogens with zero attached hydrogens (tertiary/aromatic N) is 5. The van der Waals surface area contributed by atoms with Gasteiger partial charge in [0.05, 0.1) is 32.3 Å². The molecular formula is C18H26N7O3S+. The number of aryl methyl sites for hydroxylation is 1. The number of ether oxygens (including phenoxy) is 1. The number of rotatable bonds is 10. The van der Waals surface area contributed by atoms with Gasteiger partial charge in [0.2, 0.25) is 5.95 Å². The van der Waals surface area contributed by atoms with E-state index in [1.54, 1.807) is 4.90 Å². The first kappa shape index (κ1) is 21.5. The molecule has 4 N–H and O–H groups in total. The molecule has 2 aromatic rings.